The molecule has 2 aliphatic heterocycles. The van der Waals surface area contributed by atoms with Crippen molar-refractivity contribution in [3.05, 3.63) is 112 Å². The van der Waals surface area contributed by atoms with Gasteiger partial charge in [0.05, 0.1) is 46.0 Å². The second-order valence-corrected chi connectivity index (χ2v) is 14.8. The van der Waals surface area contributed by atoms with Crippen LogP contribution in [0.3, 0.4) is 0 Å². The summed E-state index contributed by atoms with van der Waals surface area (Å²) >= 11 is 13.0. The summed E-state index contributed by atoms with van der Waals surface area (Å²) in [6.45, 7) is 5.82. The molecule has 2 aliphatic rings. The average Bonchev–Trinajstić information content (AvgIpc) is 4.02. The van der Waals surface area contributed by atoms with Gasteiger partial charge in [0.15, 0.2) is 0 Å². The Kier molecular flexibility index (Phi) is 10.3. The number of anilines is 1. The molecule has 1 amide bonds. The lowest BCUT2D eigenvalue weighted by Crippen LogP contribution is -2.39. The molecule has 0 saturated carbocycles. The zero-order valence-electron chi connectivity index (χ0n) is 29.9. The predicted molar refractivity (Wildman–Crippen MR) is 206 cm³/mol. The number of aromatic nitrogens is 6. The standard InChI is InChI=1S/C39H41Cl2N9O4/c1-53-36-12-8-28(50-26-42-44-45-50)22-31(36)37(52)48-18-14-39(25-48,27-7-11-32(40)33(41)21-27)13-17-46-15-4-16-47(20-19-46)38-43-34-5-2-3-6-35(34)49(38)23-29-9-10-30(24-51)54-29/h2-3,5-12,21-22,26,51H,4,13-20,23-25H2,1H3. The number of hydrogen-bond acceptors (Lipinski definition) is 10. The van der Waals surface area contributed by atoms with Gasteiger partial charge in [-0.3, -0.25) is 4.79 Å². The Morgan fingerprint density at radius 3 is 2.63 bits per heavy atom. The fraction of sp³-hybridized carbons (Fsp3) is 0.359. The van der Waals surface area contributed by atoms with E-state index in [1.165, 1.54) is 11.0 Å². The highest BCUT2D eigenvalue weighted by Gasteiger charge is 2.42. The number of aliphatic hydroxyl groups is 1. The van der Waals surface area contributed by atoms with E-state index < -0.39 is 0 Å². The lowest BCUT2D eigenvalue weighted by atomic mass is 9.76. The molecule has 0 spiro atoms. The van der Waals surface area contributed by atoms with Crippen LogP contribution in [-0.2, 0) is 18.6 Å². The minimum atomic E-state index is -0.332. The van der Waals surface area contributed by atoms with Crippen molar-refractivity contribution in [3.63, 3.8) is 0 Å². The molecule has 0 aliphatic carbocycles. The molecule has 1 unspecified atom stereocenters. The number of halogens is 2. The van der Waals surface area contributed by atoms with Gasteiger partial charge < -0.3 is 33.5 Å². The zero-order valence-corrected chi connectivity index (χ0v) is 31.5. The second kappa shape index (κ2) is 15.4. The van der Waals surface area contributed by atoms with Gasteiger partial charge in [0.2, 0.25) is 5.95 Å². The number of imidazole rings is 1. The fourth-order valence-electron chi connectivity index (χ4n) is 7.89. The minimum Gasteiger partial charge on any atom is -0.496 e. The van der Waals surface area contributed by atoms with Crippen molar-refractivity contribution in [1.29, 1.82) is 0 Å². The second-order valence-electron chi connectivity index (χ2n) is 14.0. The molecule has 54 heavy (non-hydrogen) atoms. The van der Waals surface area contributed by atoms with E-state index in [0.29, 0.717) is 52.4 Å². The number of tetrazole rings is 1. The van der Waals surface area contributed by atoms with Crippen LogP contribution in [-0.4, -0.2) is 103 Å². The molecule has 0 radical (unpaired) electrons. The molecule has 5 heterocycles. The van der Waals surface area contributed by atoms with Crippen LogP contribution < -0.4 is 9.64 Å². The maximum absolute atomic E-state index is 14.2. The van der Waals surface area contributed by atoms with Crippen LogP contribution in [0.25, 0.3) is 16.7 Å². The summed E-state index contributed by atoms with van der Waals surface area (Å²) in [7, 11) is 1.57. The van der Waals surface area contributed by atoms with Gasteiger partial charge in [-0.25, -0.2) is 9.67 Å². The van der Waals surface area contributed by atoms with E-state index in [9.17, 15) is 9.90 Å². The number of ether oxygens (including phenoxy) is 1. The first-order chi connectivity index (χ1) is 26.3. The number of carbonyl (C=O) groups is 1. The van der Waals surface area contributed by atoms with Crippen molar-refractivity contribution in [1.82, 2.24) is 39.6 Å². The van der Waals surface area contributed by atoms with E-state index in [1.54, 1.807) is 19.2 Å². The molecule has 15 heteroatoms. The SMILES string of the molecule is COc1ccc(-n2cnnn2)cc1C(=O)N1CCC(CCN2CCCN(c3nc4ccccc4n3Cc3ccc(CO)o3)CC2)(c2ccc(Cl)c(Cl)c2)C1. The normalized spacial score (nSPS) is 18.1. The Hall–Kier alpha value is -4.95. The van der Waals surface area contributed by atoms with Crippen LogP contribution in [0.5, 0.6) is 5.75 Å². The van der Waals surface area contributed by atoms with Crippen molar-refractivity contribution in [3.8, 4) is 11.4 Å². The van der Waals surface area contributed by atoms with E-state index in [1.807, 2.05) is 53.4 Å². The van der Waals surface area contributed by atoms with E-state index in [4.69, 9.17) is 37.3 Å². The lowest BCUT2D eigenvalue weighted by molar-refractivity contribution is 0.0777. The smallest absolute Gasteiger partial charge is 0.257 e. The van der Waals surface area contributed by atoms with Gasteiger partial charge in [-0.2, -0.15) is 0 Å². The van der Waals surface area contributed by atoms with Crippen LogP contribution in [0.1, 0.15) is 46.7 Å². The number of amides is 1. The summed E-state index contributed by atoms with van der Waals surface area (Å²) in [5, 5.41) is 22.0. The minimum absolute atomic E-state index is 0.112. The van der Waals surface area contributed by atoms with Gasteiger partial charge in [-0.1, -0.05) is 41.4 Å². The molecule has 280 valence electrons. The molecule has 3 aromatic heterocycles. The first kappa shape index (κ1) is 36.0. The summed E-state index contributed by atoms with van der Waals surface area (Å²) < 4.78 is 15.2. The third kappa shape index (κ3) is 7.16. The lowest BCUT2D eigenvalue weighted by Gasteiger charge is -2.33. The number of carbonyl (C=O) groups excluding carboxylic acids is 1. The Morgan fingerprint density at radius 2 is 1.83 bits per heavy atom. The molecule has 13 nitrogen and oxygen atoms in total. The maximum atomic E-state index is 14.2. The number of fused-ring (bicyclic) bond motifs is 1. The number of likely N-dealkylation sites (tertiary alicyclic amines) is 1. The van der Waals surface area contributed by atoms with Crippen molar-refractivity contribution in [2.24, 2.45) is 0 Å². The van der Waals surface area contributed by atoms with Gasteiger partial charge in [0.25, 0.3) is 5.91 Å². The Balaban J connectivity index is 1.01. The zero-order chi connectivity index (χ0) is 37.2. The van der Waals surface area contributed by atoms with E-state index in [0.717, 1.165) is 80.3 Å². The number of rotatable bonds is 11. The van der Waals surface area contributed by atoms with Crippen molar-refractivity contribution in [2.45, 2.75) is 37.8 Å². The summed E-state index contributed by atoms with van der Waals surface area (Å²) in [6, 6.07) is 23.1. The number of aliphatic hydroxyl groups excluding tert-OH is 1. The van der Waals surface area contributed by atoms with Gasteiger partial charge in [0.1, 0.15) is 30.2 Å². The number of para-hydroxylation sites is 2. The fourth-order valence-corrected chi connectivity index (χ4v) is 8.18. The van der Waals surface area contributed by atoms with E-state index in [-0.39, 0.29) is 17.9 Å². The van der Waals surface area contributed by atoms with Gasteiger partial charge >= 0.3 is 0 Å². The number of methoxy groups -OCH3 is 1. The van der Waals surface area contributed by atoms with Crippen molar-refractivity contribution >= 4 is 46.1 Å². The van der Waals surface area contributed by atoms with Gasteiger partial charge in [-0.15, -0.1) is 5.10 Å². The van der Waals surface area contributed by atoms with Crippen LogP contribution in [0.15, 0.2) is 83.5 Å². The molecule has 2 saturated heterocycles. The Labute approximate surface area is 322 Å². The highest BCUT2D eigenvalue weighted by molar-refractivity contribution is 6.42. The summed E-state index contributed by atoms with van der Waals surface area (Å²) in [5.41, 5.74) is 3.84. The quantitative estimate of drug-likeness (QED) is 0.171. The largest absolute Gasteiger partial charge is 0.496 e. The number of hydrogen-bond donors (Lipinski definition) is 1. The number of furan rings is 1. The number of benzene rings is 3. The molecule has 8 rings (SSSR count). The van der Waals surface area contributed by atoms with E-state index >= 15 is 0 Å². The van der Waals surface area contributed by atoms with Crippen LogP contribution in [0.2, 0.25) is 10.0 Å². The third-order valence-corrected chi connectivity index (χ3v) is 11.5. The van der Waals surface area contributed by atoms with Gasteiger partial charge in [0, 0.05) is 38.1 Å². The Bertz CT molecular complexity index is 2260. The van der Waals surface area contributed by atoms with Crippen molar-refractivity contribution < 1.29 is 19.1 Å². The molecule has 2 fully saturated rings. The van der Waals surface area contributed by atoms with Crippen LogP contribution in [0, 0.1) is 0 Å². The van der Waals surface area contributed by atoms with Crippen molar-refractivity contribution in [2.75, 3.05) is 57.8 Å². The van der Waals surface area contributed by atoms with Crippen LogP contribution in [0.4, 0.5) is 5.95 Å². The monoisotopic (exact) mass is 769 g/mol. The number of nitrogens with zero attached hydrogens (tertiary/aromatic N) is 9. The van der Waals surface area contributed by atoms with Gasteiger partial charge in [-0.05, 0) is 103 Å². The molecule has 6 aromatic rings. The summed E-state index contributed by atoms with van der Waals surface area (Å²) in [4.78, 5) is 26.1. The predicted octanol–water partition coefficient (Wildman–Crippen LogP) is 5.85. The Morgan fingerprint density at radius 1 is 0.963 bits per heavy atom. The third-order valence-electron chi connectivity index (χ3n) is 10.8. The molecular weight excluding hydrogens is 729 g/mol. The first-order valence-corrected chi connectivity index (χ1v) is 18.9. The van der Waals surface area contributed by atoms with Crippen LogP contribution >= 0.6 is 23.2 Å². The molecular formula is C39H41Cl2N9O4. The highest BCUT2D eigenvalue weighted by Crippen LogP contribution is 2.41. The van der Waals surface area contributed by atoms with E-state index in [2.05, 4.69) is 42.0 Å². The molecule has 1 atom stereocenters. The molecule has 1 N–H and O–H groups in total. The molecule has 0 bridgehead atoms. The topological polar surface area (TPSA) is 131 Å². The first-order valence-electron chi connectivity index (χ1n) is 18.1. The molecule has 3 aromatic carbocycles. The highest BCUT2D eigenvalue weighted by atomic mass is 35.5. The summed E-state index contributed by atoms with van der Waals surface area (Å²) in [5.74, 6) is 2.61. The average molecular weight is 771 g/mol. The summed E-state index contributed by atoms with van der Waals surface area (Å²) in [6.07, 6.45) is 4.08. The maximum Gasteiger partial charge on any atom is 0.257 e.